The van der Waals surface area contributed by atoms with Crippen molar-refractivity contribution >= 4 is 5.97 Å². The topological polar surface area (TPSA) is 38.3 Å². The van der Waals surface area contributed by atoms with Gasteiger partial charge in [-0.15, -0.1) is 0 Å². The SMILES string of the molecule is O=C1C=C[C@H]([C@@H](NCc2ccccc2)C(F)(F)F)O1. The van der Waals surface area contributed by atoms with Crippen molar-refractivity contribution in [2.24, 2.45) is 0 Å². The van der Waals surface area contributed by atoms with E-state index in [1.54, 1.807) is 30.3 Å². The highest BCUT2D eigenvalue weighted by Crippen LogP contribution is 2.26. The summed E-state index contributed by atoms with van der Waals surface area (Å²) in [6.45, 7) is 0.0485. The van der Waals surface area contributed by atoms with Crippen LogP contribution in [0.4, 0.5) is 13.2 Å². The van der Waals surface area contributed by atoms with E-state index in [1.807, 2.05) is 0 Å². The van der Waals surface area contributed by atoms with Gasteiger partial charge in [0.25, 0.3) is 0 Å². The quantitative estimate of drug-likeness (QED) is 0.853. The molecule has 2 rings (SSSR count). The molecular weight excluding hydrogens is 259 g/mol. The van der Waals surface area contributed by atoms with E-state index in [0.717, 1.165) is 17.7 Å². The van der Waals surface area contributed by atoms with Gasteiger partial charge in [0.1, 0.15) is 12.1 Å². The summed E-state index contributed by atoms with van der Waals surface area (Å²) in [6.07, 6.45) is -3.67. The summed E-state index contributed by atoms with van der Waals surface area (Å²) in [4.78, 5) is 10.9. The van der Waals surface area contributed by atoms with Crippen LogP contribution in [-0.4, -0.2) is 24.3 Å². The molecule has 1 aliphatic rings. The molecule has 19 heavy (non-hydrogen) atoms. The lowest BCUT2D eigenvalue weighted by Gasteiger charge is -2.25. The number of cyclic esters (lactones) is 1. The van der Waals surface area contributed by atoms with Crippen LogP contribution in [0.2, 0.25) is 0 Å². The predicted molar refractivity (Wildman–Crippen MR) is 62.1 cm³/mol. The fourth-order valence-electron chi connectivity index (χ4n) is 1.81. The number of carbonyl (C=O) groups is 1. The summed E-state index contributed by atoms with van der Waals surface area (Å²) in [7, 11) is 0. The zero-order valence-corrected chi connectivity index (χ0v) is 9.85. The molecule has 6 heteroatoms. The third kappa shape index (κ3) is 3.57. The van der Waals surface area contributed by atoms with Crippen molar-refractivity contribution in [2.45, 2.75) is 24.9 Å². The second-order valence-corrected chi connectivity index (χ2v) is 4.15. The van der Waals surface area contributed by atoms with Gasteiger partial charge in [0.05, 0.1) is 0 Å². The summed E-state index contributed by atoms with van der Waals surface area (Å²) >= 11 is 0. The van der Waals surface area contributed by atoms with E-state index in [1.165, 1.54) is 0 Å². The molecule has 1 N–H and O–H groups in total. The Bertz CT molecular complexity index is 471. The molecule has 1 heterocycles. The minimum Gasteiger partial charge on any atom is -0.453 e. The number of halogens is 3. The standard InChI is InChI=1S/C13H12F3NO2/c14-13(15,16)12(10-6-7-11(18)19-10)17-8-9-4-2-1-3-5-9/h1-7,10,12,17H,8H2/t10-,12-/m1/s1. The molecule has 1 aromatic carbocycles. The van der Waals surface area contributed by atoms with Crippen molar-refractivity contribution in [3.63, 3.8) is 0 Å². The minimum absolute atomic E-state index is 0.0485. The van der Waals surface area contributed by atoms with Crippen molar-refractivity contribution in [3.8, 4) is 0 Å². The van der Waals surface area contributed by atoms with Gasteiger partial charge in [-0.3, -0.25) is 5.32 Å². The molecule has 1 aliphatic heterocycles. The van der Waals surface area contributed by atoms with Gasteiger partial charge in [0.15, 0.2) is 0 Å². The molecule has 0 amide bonds. The second-order valence-electron chi connectivity index (χ2n) is 4.15. The Balaban J connectivity index is 2.03. The minimum atomic E-state index is -4.49. The van der Waals surface area contributed by atoms with E-state index >= 15 is 0 Å². The van der Waals surface area contributed by atoms with Gasteiger partial charge in [0.2, 0.25) is 0 Å². The van der Waals surface area contributed by atoms with Crippen LogP contribution in [0, 0.1) is 0 Å². The fraction of sp³-hybridized carbons (Fsp3) is 0.308. The molecule has 0 aromatic heterocycles. The molecule has 1 aromatic rings. The number of nitrogens with one attached hydrogen (secondary N) is 1. The first kappa shape index (κ1) is 13.6. The van der Waals surface area contributed by atoms with Crippen LogP contribution in [-0.2, 0) is 16.1 Å². The molecule has 0 radical (unpaired) electrons. The van der Waals surface area contributed by atoms with Gasteiger partial charge in [-0.2, -0.15) is 13.2 Å². The third-order valence-electron chi connectivity index (χ3n) is 2.72. The zero-order valence-electron chi connectivity index (χ0n) is 9.85. The molecule has 0 spiro atoms. The number of esters is 1. The molecule has 0 unspecified atom stereocenters. The largest absolute Gasteiger partial charge is 0.453 e. The van der Waals surface area contributed by atoms with Crippen molar-refractivity contribution in [2.75, 3.05) is 0 Å². The van der Waals surface area contributed by atoms with Crippen molar-refractivity contribution < 1.29 is 22.7 Å². The number of alkyl halides is 3. The van der Waals surface area contributed by atoms with Crippen LogP contribution < -0.4 is 5.32 Å². The normalized spacial score (nSPS) is 20.4. The van der Waals surface area contributed by atoms with Crippen LogP contribution >= 0.6 is 0 Å². The first-order valence-corrected chi connectivity index (χ1v) is 5.69. The van der Waals surface area contributed by atoms with Crippen molar-refractivity contribution in [1.29, 1.82) is 0 Å². The maximum absolute atomic E-state index is 12.9. The first-order valence-electron chi connectivity index (χ1n) is 5.69. The molecule has 2 atom stereocenters. The maximum atomic E-state index is 12.9. The molecule has 0 saturated carbocycles. The molecule has 3 nitrogen and oxygen atoms in total. The number of benzene rings is 1. The Hall–Kier alpha value is -1.82. The average molecular weight is 271 g/mol. The smallest absolute Gasteiger partial charge is 0.407 e. The summed E-state index contributed by atoms with van der Waals surface area (Å²) in [5.41, 5.74) is 0.727. The van der Waals surface area contributed by atoms with Gasteiger partial charge in [0, 0.05) is 12.6 Å². The summed E-state index contributed by atoms with van der Waals surface area (Å²) in [6, 6.07) is 6.81. The third-order valence-corrected chi connectivity index (χ3v) is 2.72. The van der Waals surface area contributed by atoms with Gasteiger partial charge in [-0.1, -0.05) is 30.3 Å². The summed E-state index contributed by atoms with van der Waals surface area (Å²) < 4.78 is 43.3. The molecule has 0 saturated heterocycles. The van der Waals surface area contributed by atoms with Crippen molar-refractivity contribution in [3.05, 3.63) is 48.0 Å². The maximum Gasteiger partial charge on any atom is 0.407 e. The number of rotatable bonds is 4. The van der Waals surface area contributed by atoms with Crippen LogP contribution in [0.25, 0.3) is 0 Å². The highest BCUT2D eigenvalue weighted by molar-refractivity contribution is 5.84. The van der Waals surface area contributed by atoms with Crippen LogP contribution in [0.15, 0.2) is 42.5 Å². The van der Waals surface area contributed by atoms with Gasteiger partial charge >= 0.3 is 12.1 Å². The van der Waals surface area contributed by atoms with E-state index in [2.05, 4.69) is 10.1 Å². The van der Waals surface area contributed by atoms with Gasteiger partial charge in [-0.25, -0.2) is 4.79 Å². The lowest BCUT2D eigenvalue weighted by molar-refractivity contribution is -0.180. The summed E-state index contributed by atoms with van der Waals surface area (Å²) in [5.74, 6) is -0.749. The highest BCUT2D eigenvalue weighted by atomic mass is 19.4. The van der Waals surface area contributed by atoms with Crippen LogP contribution in [0.1, 0.15) is 5.56 Å². The Morgan fingerprint density at radius 1 is 1.26 bits per heavy atom. The summed E-state index contributed by atoms with van der Waals surface area (Å²) in [5, 5.41) is 2.38. The lowest BCUT2D eigenvalue weighted by atomic mass is 10.1. The zero-order chi connectivity index (χ0) is 13.9. The second kappa shape index (κ2) is 5.44. The van der Waals surface area contributed by atoms with E-state index in [0.29, 0.717) is 0 Å². The van der Waals surface area contributed by atoms with E-state index < -0.39 is 24.3 Å². The Morgan fingerprint density at radius 2 is 1.95 bits per heavy atom. The van der Waals surface area contributed by atoms with E-state index in [9.17, 15) is 18.0 Å². The fourth-order valence-corrected chi connectivity index (χ4v) is 1.81. The van der Waals surface area contributed by atoms with Crippen molar-refractivity contribution in [1.82, 2.24) is 5.32 Å². The van der Waals surface area contributed by atoms with Crippen LogP contribution in [0.5, 0.6) is 0 Å². The Morgan fingerprint density at radius 3 is 2.47 bits per heavy atom. The monoisotopic (exact) mass is 271 g/mol. The highest BCUT2D eigenvalue weighted by Gasteiger charge is 2.46. The van der Waals surface area contributed by atoms with E-state index in [-0.39, 0.29) is 6.54 Å². The first-order chi connectivity index (χ1) is 8.97. The van der Waals surface area contributed by atoms with Crippen LogP contribution in [0.3, 0.4) is 0 Å². The van der Waals surface area contributed by atoms with Gasteiger partial charge in [-0.05, 0) is 11.6 Å². The molecule has 0 fully saturated rings. The number of hydrogen-bond donors (Lipinski definition) is 1. The number of carbonyl (C=O) groups excluding carboxylic acids is 1. The molecule has 0 aliphatic carbocycles. The molecular formula is C13H12F3NO2. The number of hydrogen-bond acceptors (Lipinski definition) is 3. The molecule has 0 bridgehead atoms. The predicted octanol–water partition coefficient (Wildman–Crippen LogP) is 2.19. The lowest BCUT2D eigenvalue weighted by Crippen LogP contribution is -2.50. The average Bonchev–Trinajstić information content (AvgIpc) is 2.75. The number of ether oxygens (including phenoxy) is 1. The Kier molecular flexibility index (Phi) is 3.90. The molecule has 102 valence electrons. The van der Waals surface area contributed by atoms with E-state index in [4.69, 9.17) is 0 Å². The van der Waals surface area contributed by atoms with Gasteiger partial charge < -0.3 is 4.74 Å². The Labute approximate surface area is 108 Å².